The number of fused-ring (bicyclic) bond motifs is 3. The van der Waals surface area contributed by atoms with Crippen molar-refractivity contribution in [1.29, 1.82) is 0 Å². The number of carboxylic acid groups (broad SMARTS) is 1. The highest BCUT2D eigenvalue weighted by Crippen LogP contribution is 2.43. The first-order valence-electron chi connectivity index (χ1n) is 11.9. The molecule has 0 amide bonds. The molecule has 0 saturated carbocycles. The van der Waals surface area contributed by atoms with Gasteiger partial charge in [-0.25, -0.2) is 18.0 Å². The molecule has 1 aromatic heterocycles. The molecule has 2 aromatic carbocycles. The van der Waals surface area contributed by atoms with E-state index >= 15 is 8.78 Å². The van der Waals surface area contributed by atoms with Crippen LogP contribution in [0.2, 0.25) is 0 Å². The van der Waals surface area contributed by atoms with Gasteiger partial charge in [0.25, 0.3) is 0 Å². The molecule has 0 radical (unpaired) electrons. The van der Waals surface area contributed by atoms with Crippen LogP contribution in [0.15, 0.2) is 42.0 Å². The fourth-order valence-corrected chi connectivity index (χ4v) is 5.10. The Bertz CT molecular complexity index is 1280. The van der Waals surface area contributed by atoms with E-state index in [1.807, 2.05) is 36.1 Å². The average molecular weight is 485 g/mol. The highest BCUT2D eigenvalue weighted by atomic mass is 19.1. The Morgan fingerprint density at radius 2 is 1.86 bits per heavy atom. The Hall–Kier alpha value is -3.06. The second-order valence-electron chi connectivity index (χ2n) is 10.4. The van der Waals surface area contributed by atoms with Crippen molar-refractivity contribution in [3.05, 3.63) is 76.0 Å². The van der Waals surface area contributed by atoms with E-state index in [2.05, 4.69) is 4.98 Å². The predicted molar refractivity (Wildman–Crippen MR) is 132 cm³/mol. The predicted octanol–water partition coefficient (Wildman–Crippen LogP) is 6.65. The third kappa shape index (κ3) is 4.87. The topological polar surface area (TPSA) is 56.3 Å². The van der Waals surface area contributed by atoms with E-state index in [1.54, 1.807) is 13.8 Å². The van der Waals surface area contributed by atoms with Crippen molar-refractivity contribution in [3.63, 3.8) is 0 Å². The summed E-state index contributed by atoms with van der Waals surface area (Å²) in [4.78, 5) is 16.7. The number of aromatic amines is 1. The van der Waals surface area contributed by atoms with E-state index in [0.29, 0.717) is 12.1 Å². The van der Waals surface area contributed by atoms with Gasteiger partial charge in [-0.3, -0.25) is 4.90 Å². The quantitative estimate of drug-likeness (QED) is 0.385. The molecule has 0 aliphatic carbocycles. The second-order valence-corrected chi connectivity index (χ2v) is 10.4. The van der Waals surface area contributed by atoms with Crippen LogP contribution in [0.1, 0.15) is 63.0 Å². The standard InChI is InChI=1S/C28H31F3N2O2/c1-15(2)19(27(34)35)11-17-12-21(29)24(22(30)13-17)26-25-20(18-8-6-7-9-23(18)32-25)10-16(3)33(26)14-28(4,5)31/h6-9,11-13,15-16,26,32H,10,14H2,1-5H3,(H,34,35)/b19-11+/t16-,26-/m1/s1. The van der Waals surface area contributed by atoms with E-state index < -0.39 is 29.3 Å². The maximum absolute atomic E-state index is 15.7. The maximum Gasteiger partial charge on any atom is 0.331 e. The summed E-state index contributed by atoms with van der Waals surface area (Å²) in [5.41, 5.74) is 0.921. The Labute approximate surface area is 203 Å². The first-order chi connectivity index (χ1) is 16.4. The fourth-order valence-electron chi connectivity index (χ4n) is 5.10. The second kappa shape index (κ2) is 9.19. The van der Waals surface area contributed by atoms with Crippen LogP contribution in [0.5, 0.6) is 0 Å². The smallest absolute Gasteiger partial charge is 0.331 e. The number of benzene rings is 2. The summed E-state index contributed by atoms with van der Waals surface area (Å²) in [6.07, 6.45) is 1.91. The molecule has 0 saturated heterocycles. The third-order valence-electron chi connectivity index (χ3n) is 6.64. The van der Waals surface area contributed by atoms with E-state index in [-0.39, 0.29) is 35.2 Å². The van der Waals surface area contributed by atoms with Crippen LogP contribution in [0, 0.1) is 17.6 Å². The molecule has 7 heteroatoms. The molecule has 2 heterocycles. The lowest BCUT2D eigenvalue weighted by atomic mass is 9.86. The molecule has 0 bridgehead atoms. The van der Waals surface area contributed by atoms with Crippen molar-refractivity contribution >= 4 is 22.9 Å². The zero-order valence-electron chi connectivity index (χ0n) is 20.6. The summed E-state index contributed by atoms with van der Waals surface area (Å²) in [7, 11) is 0. The van der Waals surface area contributed by atoms with Crippen LogP contribution in [0.3, 0.4) is 0 Å². The van der Waals surface area contributed by atoms with Crippen molar-refractivity contribution in [2.24, 2.45) is 5.92 Å². The summed E-state index contributed by atoms with van der Waals surface area (Å²) in [6.45, 7) is 8.26. The lowest BCUT2D eigenvalue weighted by molar-refractivity contribution is -0.133. The van der Waals surface area contributed by atoms with Crippen LogP contribution in [-0.4, -0.2) is 39.2 Å². The highest BCUT2D eigenvalue weighted by molar-refractivity contribution is 5.92. The lowest BCUT2D eigenvalue weighted by Gasteiger charge is -2.43. The molecule has 1 aliphatic heterocycles. The SMILES string of the molecule is CC(C)/C(=C\c1cc(F)c([C@@H]2c3[nH]c4ccccc4c3C[C@@H](C)N2CC(C)(C)F)c(F)c1)C(=O)O. The summed E-state index contributed by atoms with van der Waals surface area (Å²) in [6, 6.07) is 8.99. The van der Waals surface area contributed by atoms with Crippen molar-refractivity contribution in [3.8, 4) is 0 Å². The first kappa shape index (κ1) is 25.0. The van der Waals surface area contributed by atoms with Gasteiger partial charge < -0.3 is 10.1 Å². The zero-order chi connectivity index (χ0) is 25.7. The van der Waals surface area contributed by atoms with Crippen LogP contribution < -0.4 is 0 Å². The molecule has 1 aliphatic rings. The van der Waals surface area contributed by atoms with E-state index in [0.717, 1.165) is 28.6 Å². The van der Waals surface area contributed by atoms with Crippen LogP contribution in [0.4, 0.5) is 13.2 Å². The Morgan fingerprint density at radius 1 is 1.23 bits per heavy atom. The largest absolute Gasteiger partial charge is 0.478 e. The molecule has 186 valence electrons. The number of aliphatic carboxylic acids is 1. The molecule has 3 aromatic rings. The molecule has 4 nitrogen and oxygen atoms in total. The minimum absolute atomic E-state index is 0.00924. The molecular weight excluding hydrogens is 453 g/mol. The fraction of sp³-hybridized carbons (Fsp3) is 0.393. The third-order valence-corrected chi connectivity index (χ3v) is 6.64. The Morgan fingerprint density at radius 3 is 2.43 bits per heavy atom. The molecule has 2 N–H and O–H groups in total. The number of carbonyl (C=O) groups is 1. The van der Waals surface area contributed by atoms with Gasteiger partial charge >= 0.3 is 5.97 Å². The number of para-hydroxylation sites is 1. The van der Waals surface area contributed by atoms with Crippen molar-refractivity contribution < 1.29 is 23.1 Å². The number of nitrogens with one attached hydrogen (secondary N) is 1. The number of hydrogen-bond donors (Lipinski definition) is 2. The summed E-state index contributed by atoms with van der Waals surface area (Å²) in [5.74, 6) is -3.05. The van der Waals surface area contributed by atoms with Gasteiger partial charge in [-0.2, -0.15) is 0 Å². The zero-order valence-corrected chi connectivity index (χ0v) is 20.6. The molecule has 4 rings (SSSR count). The summed E-state index contributed by atoms with van der Waals surface area (Å²) >= 11 is 0. The molecule has 0 fully saturated rings. The molecule has 0 unspecified atom stereocenters. The maximum atomic E-state index is 15.7. The number of nitrogens with zero attached hydrogens (tertiary/aromatic N) is 1. The van der Waals surface area contributed by atoms with Gasteiger partial charge in [0.1, 0.15) is 17.3 Å². The summed E-state index contributed by atoms with van der Waals surface area (Å²) < 4.78 is 46.2. The Balaban J connectivity index is 1.91. The van der Waals surface area contributed by atoms with E-state index in [4.69, 9.17) is 0 Å². The van der Waals surface area contributed by atoms with E-state index in [1.165, 1.54) is 19.9 Å². The van der Waals surface area contributed by atoms with Crippen molar-refractivity contribution in [2.75, 3.05) is 6.54 Å². The van der Waals surface area contributed by atoms with Crippen molar-refractivity contribution in [1.82, 2.24) is 9.88 Å². The van der Waals surface area contributed by atoms with Crippen LogP contribution in [-0.2, 0) is 11.2 Å². The minimum atomic E-state index is -1.58. The number of H-pyrrole nitrogens is 1. The highest BCUT2D eigenvalue weighted by Gasteiger charge is 2.40. The summed E-state index contributed by atoms with van der Waals surface area (Å²) in [5, 5.41) is 10.4. The van der Waals surface area contributed by atoms with Crippen LogP contribution >= 0.6 is 0 Å². The normalized spacial score (nSPS) is 19.4. The number of alkyl halides is 1. The molecule has 35 heavy (non-hydrogen) atoms. The van der Waals surface area contributed by atoms with Gasteiger partial charge in [0.15, 0.2) is 0 Å². The number of rotatable bonds is 6. The molecular formula is C28H31F3N2O2. The van der Waals surface area contributed by atoms with Gasteiger partial charge in [0, 0.05) is 40.3 Å². The van der Waals surface area contributed by atoms with Gasteiger partial charge in [-0.15, -0.1) is 0 Å². The Kier molecular flexibility index (Phi) is 6.58. The lowest BCUT2D eigenvalue weighted by Crippen LogP contribution is -2.48. The van der Waals surface area contributed by atoms with Crippen LogP contribution in [0.25, 0.3) is 17.0 Å². The number of halogens is 3. The van der Waals surface area contributed by atoms with Gasteiger partial charge in [-0.1, -0.05) is 32.0 Å². The van der Waals surface area contributed by atoms with Crippen molar-refractivity contribution in [2.45, 2.75) is 58.8 Å². The average Bonchev–Trinajstić information content (AvgIpc) is 3.10. The number of hydrogen-bond acceptors (Lipinski definition) is 2. The first-order valence-corrected chi connectivity index (χ1v) is 11.9. The number of carboxylic acids is 1. The van der Waals surface area contributed by atoms with Gasteiger partial charge in [0.2, 0.25) is 0 Å². The molecule has 0 spiro atoms. The number of aromatic nitrogens is 1. The minimum Gasteiger partial charge on any atom is -0.478 e. The van der Waals surface area contributed by atoms with Gasteiger partial charge in [0.05, 0.1) is 6.04 Å². The van der Waals surface area contributed by atoms with E-state index in [9.17, 15) is 14.3 Å². The molecule has 2 atom stereocenters. The van der Waals surface area contributed by atoms with Gasteiger partial charge in [-0.05, 0) is 68.5 Å². The monoisotopic (exact) mass is 484 g/mol.